The minimum absolute atomic E-state index is 0.112. The zero-order chi connectivity index (χ0) is 14.8. The molecule has 1 aliphatic heterocycles. The van der Waals surface area contributed by atoms with Crippen molar-refractivity contribution in [2.75, 3.05) is 19.7 Å². The Bertz CT molecular complexity index is 427. The van der Waals surface area contributed by atoms with Gasteiger partial charge in [-0.1, -0.05) is 23.7 Å². The molecule has 0 bridgehead atoms. The van der Waals surface area contributed by atoms with Crippen LogP contribution in [0.15, 0.2) is 24.3 Å². The Morgan fingerprint density at radius 2 is 1.70 bits per heavy atom. The largest absolute Gasteiger partial charge is 0.396 e. The standard InChI is InChI=1S/C17H26ClNO/c1-16(2,3)19-11-8-17(9-12-19,10-13-20)14-4-6-15(18)7-5-14/h4-7,20H,8-13H2,1-3H3. The van der Waals surface area contributed by atoms with Crippen LogP contribution in [0.5, 0.6) is 0 Å². The summed E-state index contributed by atoms with van der Waals surface area (Å²) in [5.74, 6) is 0. The fraction of sp³-hybridized carbons (Fsp3) is 0.647. The van der Waals surface area contributed by atoms with Crippen molar-refractivity contribution in [1.29, 1.82) is 0 Å². The molecule has 0 aromatic heterocycles. The SMILES string of the molecule is CC(C)(C)N1CCC(CCO)(c2ccc(Cl)cc2)CC1. The highest BCUT2D eigenvalue weighted by Crippen LogP contribution is 2.40. The number of hydrogen-bond donors (Lipinski definition) is 1. The molecule has 1 heterocycles. The normalized spacial score (nSPS) is 20.1. The van der Waals surface area contributed by atoms with Gasteiger partial charge in [-0.2, -0.15) is 0 Å². The van der Waals surface area contributed by atoms with Crippen molar-refractivity contribution in [1.82, 2.24) is 4.90 Å². The summed E-state index contributed by atoms with van der Waals surface area (Å²) in [6.45, 7) is 9.24. The van der Waals surface area contributed by atoms with Gasteiger partial charge in [-0.25, -0.2) is 0 Å². The van der Waals surface area contributed by atoms with Crippen LogP contribution in [0.25, 0.3) is 0 Å². The minimum Gasteiger partial charge on any atom is -0.396 e. The number of likely N-dealkylation sites (tertiary alicyclic amines) is 1. The second-order valence-electron chi connectivity index (χ2n) is 6.92. The second kappa shape index (κ2) is 6.05. The first-order valence-electron chi connectivity index (χ1n) is 7.49. The third kappa shape index (κ3) is 3.36. The van der Waals surface area contributed by atoms with Gasteiger partial charge in [0, 0.05) is 17.2 Å². The van der Waals surface area contributed by atoms with Crippen molar-refractivity contribution in [2.24, 2.45) is 0 Å². The molecule has 0 unspecified atom stereocenters. The van der Waals surface area contributed by atoms with Crippen LogP contribution in [0.4, 0.5) is 0 Å². The molecule has 1 aromatic carbocycles. The van der Waals surface area contributed by atoms with Crippen molar-refractivity contribution >= 4 is 11.6 Å². The number of aliphatic hydroxyl groups excluding tert-OH is 1. The number of aliphatic hydroxyl groups is 1. The summed E-state index contributed by atoms with van der Waals surface area (Å²) in [6.07, 6.45) is 3.05. The molecule has 1 saturated heterocycles. The molecule has 0 radical (unpaired) electrons. The molecule has 0 atom stereocenters. The van der Waals surface area contributed by atoms with E-state index in [1.807, 2.05) is 12.1 Å². The van der Waals surface area contributed by atoms with Gasteiger partial charge in [0.25, 0.3) is 0 Å². The third-order valence-corrected chi connectivity index (χ3v) is 4.97. The van der Waals surface area contributed by atoms with E-state index in [1.54, 1.807) is 0 Å². The smallest absolute Gasteiger partial charge is 0.0439 e. The zero-order valence-corrected chi connectivity index (χ0v) is 13.6. The van der Waals surface area contributed by atoms with Crippen LogP contribution in [0.3, 0.4) is 0 Å². The van der Waals surface area contributed by atoms with E-state index in [2.05, 4.69) is 37.8 Å². The second-order valence-corrected chi connectivity index (χ2v) is 7.36. The maximum Gasteiger partial charge on any atom is 0.0439 e. The average molecular weight is 296 g/mol. The van der Waals surface area contributed by atoms with Crippen molar-refractivity contribution in [2.45, 2.75) is 51.0 Å². The summed E-state index contributed by atoms with van der Waals surface area (Å²) in [4.78, 5) is 2.54. The lowest BCUT2D eigenvalue weighted by atomic mass is 9.70. The quantitative estimate of drug-likeness (QED) is 0.915. The molecule has 0 amide bonds. The fourth-order valence-electron chi connectivity index (χ4n) is 3.31. The average Bonchev–Trinajstić information content (AvgIpc) is 2.39. The lowest BCUT2D eigenvalue weighted by Crippen LogP contribution is -2.50. The van der Waals surface area contributed by atoms with Crippen molar-refractivity contribution in [3.8, 4) is 0 Å². The van der Waals surface area contributed by atoms with Crippen LogP contribution in [0.2, 0.25) is 5.02 Å². The van der Waals surface area contributed by atoms with Crippen LogP contribution in [0, 0.1) is 0 Å². The number of piperidine rings is 1. The van der Waals surface area contributed by atoms with Gasteiger partial charge in [-0.3, -0.25) is 4.90 Å². The summed E-state index contributed by atoms with van der Waals surface area (Å²) in [5.41, 5.74) is 1.66. The first-order chi connectivity index (χ1) is 9.37. The van der Waals surface area contributed by atoms with E-state index in [1.165, 1.54) is 5.56 Å². The van der Waals surface area contributed by atoms with E-state index < -0.39 is 0 Å². The topological polar surface area (TPSA) is 23.5 Å². The van der Waals surface area contributed by atoms with Crippen molar-refractivity contribution < 1.29 is 5.11 Å². The van der Waals surface area contributed by atoms with E-state index >= 15 is 0 Å². The Labute approximate surface area is 127 Å². The molecule has 112 valence electrons. The molecule has 1 N–H and O–H groups in total. The lowest BCUT2D eigenvalue weighted by Gasteiger charge is -2.47. The van der Waals surface area contributed by atoms with E-state index in [4.69, 9.17) is 11.6 Å². The van der Waals surface area contributed by atoms with Crippen LogP contribution in [-0.2, 0) is 5.41 Å². The van der Waals surface area contributed by atoms with Crippen molar-refractivity contribution in [3.05, 3.63) is 34.9 Å². The van der Waals surface area contributed by atoms with Gasteiger partial charge in [0.15, 0.2) is 0 Å². The van der Waals surface area contributed by atoms with Crippen LogP contribution in [-0.4, -0.2) is 35.2 Å². The number of hydrogen-bond acceptors (Lipinski definition) is 2. The van der Waals surface area contributed by atoms with Gasteiger partial charge >= 0.3 is 0 Å². The predicted octanol–water partition coefficient (Wildman–Crippen LogP) is 3.85. The molecule has 2 nitrogen and oxygen atoms in total. The van der Waals surface area contributed by atoms with E-state index in [-0.39, 0.29) is 17.6 Å². The maximum atomic E-state index is 9.49. The fourth-order valence-corrected chi connectivity index (χ4v) is 3.43. The zero-order valence-electron chi connectivity index (χ0n) is 12.8. The predicted molar refractivity (Wildman–Crippen MR) is 85.4 cm³/mol. The molecular weight excluding hydrogens is 270 g/mol. The summed E-state index contributed by atoms with van der Waals surface area (Å²) in [6, 6.07) is 8.19. The highest BCUT2D eigenvalue weighted by atomic mass is 35.5. The minimum atomic E-state index is 0.112. The molecule has 0 spiro atoms. The van der Waals surface area contributed by atoms with E-state index in [0.717, 1.165) is 37.4 Å². The van der Waals surface area contributed by atoms with Gasteiger partial charge < -0.3 is 5.11 Å². The number of nitrogens with zero attached hydrogens (tertiary/aromatic N) is 1. The molecular formula is C17H26ClNO. The Morgan fingerprint density at radius 3 is 2.15 bits per heavy atom. The van der Waals surface area contributed by atoms with E-state index in [9.17, 15) is 5.11 Å². The number of halogens is 1. The monoisotopic (exact) mass is 295 g/mol. The molecule has 0 saturated carbocycles. The Kier molecular flexibility index (Phi) is 4.78. The Morgan fingerprint density at radius 1 is 1.15 bits per heavy atom. The molecule has 1 aliphatic rings. The van der Waals surface area contributed by atoms with Crippen LogP contribution in [0.1, 0.15) is 45.6 Å². The third-order valence-electron chi connectivity index (χ3n) is 4.72. The first-order valence-corrected chi connectivity index (χ1v) is 7.87. The summed E-state index contributed by atoms with van der Waals surface area (Å²) in [7, 11) is 0. The van der Waals surface area contributed by atoms with Crippen LogP contribution < -0.4 is 0 Å². The summed E-state index contributed by atoms with van der Waals surface area (Å²) in [5, 5.41) is 10.3. The number of benzene rings is 1. The van der Waals surface area contributed by atoms with Gasteiger partial charge in [-0.15, -0.1) is 0 Å². The molecule has 20 heavy (non-hydrogen) atoms. The molecule has 1 aromatic rings. The van der Waals surface area contributed by atoms with Crippen LogP contribution >= 0.6 is 11.6 Å². The lowest BCUT2D eigenvalue weighted by molar-refractivity contribution is 0.0641. The Hall–Kier alpha value is -0.570. The van der Waals surface area contributed by atoms with Gasteiger partial charge in [0.2, 0.25) is 0 Å². The highest BCUT2D eigenvalue weighted by Gasteiger charge is 2.38. The molecule has 0 aliphatic carbocycles. The van der Waals surface area contributed by atoms with Gasteiger partial charge in [0.1, 0.15) is 0 Å². The first kappa shape index (κ1) is 15.8. The molecule has 1 fully saturated rings. The maximum absolute atomic E-state index is 9.49. The van der Waals surface area contributed by atoms with Crippen molar-refractivity contribution in [3.63, 3.8) is 0 Å². The van der Waals surface area contributed by atoms with E-state index in [0.29, 0.717) is 0 Å². The van der Waals surface area contributed by atoms with Gasteiger partial charge in [-0.05, 0) is 76.2 Å². The highest BCUT2D eigenvalue weighted by molar-refractivity contribution is 6.30. The van der Waals surface area contributed by atoms with Gasteiger partial charge in [0.05, 0.1) is 0 Å². The number of rotatable bonds is 3. The molecule has 2 rings (SSSR count). The summed E-state index contributed by atoms with van der Waals surface area (Å²) >= 11 is 6.00. The summed E-state index contributed by atoms with van der Waals surface area (Å²) < 4.78 is 0. The molecule has 3 heteroatoms. The Balaban J connectivity index is 2.19.